The highest BCUT2D eigenvalue weighted by Gasteiger charge is 2.45. The van der Waals surface area contributed by atoms with Gasteiger partial charge in [0.1, 0.15) is 23.6 Å². The number of ether oxygens (including phenoxy) is 1. The Morgan fingerprint density at radius 2 is 1.39 bits per heavy atom. The zero-order valence-corrected chi connectivity index (χ0v) is 31.8. The Kier molecular flexibility index (Phi) is 10.7. The van der Waals surface area contributed by atoms with Gasteiger partial charge in [-0.3, -0.25) is 29.4 Å². The van der Waals surface area contributed by atoms with E-state index < -0.39 is 23.8 Å². The molecular weight excluding hydrogens is 705 g/mol. The molecule has 0 aliphatic carbocycles. The summed E-state index contributed by atoms with van der Waals surface area (Å²) in [5.74, 6) is -0.219. The molecule has 10 heteroatoms. The highest BCUT2D eigenvalue weighted by molar-refractivity contribution is 6.23. The normalized spacial score (nSPS) is 20.2. The fourth-order valence-corrected chi connectivity index (χ4v) is 8.80. The van der Waals surface area contributed by atoms with Crippen molar-refractivity contribution in [2.75, 3.05) is 37.6 Å². The lowest BCUT2D eigenvalue weighted by molar-refractivity contribution is -0.136. The lowest BCUT2D eigenvalue weighted by atomic mass is 9.88. The summed E-state index contributed by atoms with van der Waals surface area (Å²) in [4.78, 5) is 56.4. The van der Waals surface area contributed by atoms with E-state index in [1.807, 2.05) is 24.3 Å². The number of imide groups is 2. The van der Waals surface area contributed by atoms with Gasteiger partial charge in [-0.25, -0.2) is 0 Å². The van der Waals surface area contributed by atoms with Crippen LogP contribution in [0.5, 0.6) is 11.5 Å². The second-order valence-electron chi connectivity index (χ2n) is 15.4. The topological polar surface area (TPSA) is 119 Å². The van der Waals surface area contributed by atoms with E-state index in [9.17, 15) is 24.3 Å². The number of nitrogens with one attached hydrogen (secondary N) is 1. The second-order valence-corrected chi connectivity index (χ2v) is 15.4. The summed E-state index contributed by atoms with van der Waals surface area (Å²) >= 11 is 0. The molecule has 4 aliphatic heterocycles. The molecule has 288 valence electrons. The molecule has 4 aliphatic rings. The first-order chi connectivity index (χ1) is 27.2. The van der Waals surface area contributed by atoms with Crippen LogP contribution in [0.3, 0.4) is 0 Å². The monoisotopic (exact) mass is 752 g/mol. The van der Waals surface area contributed by atoms with Crippen LogP contribution in [-0.4, -0.2) is 83.4 Å². The number of allylic oxidation sites excluding steroid dienone is 1. The average Bonchev–Trinajstić information content (AvgIpc) is 3.47. The van der Waals surface area contributed by atoms with Crippen molar-refractivity contribution in [3.05, 3.63) is 125 Å². The van der Waals surface area contributed by atoms with Crippen LogP contribution in [0.4, 0.5) is 5.69 Å². The van der Waals surface area contributed by atoms with E-state index in [0.717, 1.165) is 97.9 Å². The van der Waals surface area contributed by atoms with Crippen molar-refractivity contribution in [2.45, 2.75) is 64.0 Å². The van der Waals surface area contributed by atoms with Gasteiger partial charge in [-0.2, -0.15) is 0 Å². The Hall–Kier alpha value is -5.74. The summed E-state index contributed by atoms with van der Waals surface area (Å²) in [5, 5.41) is 12.2. The first-order valence-electron chi connectivity index (χ1n) is 19.9. The van der Waals surface area contributed by atoms with Gasteiger partial charge in [0.25, 0.3) is 11.8 Å². The lowest BCUT2D eigenvalue weighted by Crippen LogP contribution is -2.54. The third-order valence-corrected chi connectivity index (χ3v) is 11.8. The van der Waals surface area contributed by atoms with Gasteiger partial charge < -0.3 is 19.6 Å². The third-order valence-electron chi connectivity index (χ3n) is 11.8. The van der Waals surface area contributed by atoms with Crippen LogP contribution < -0.4 is 15.0 Å². The van der Waals surface area contributed by atoms with Crippen LogP contribution >= 0.6 is 0 Å². The minimum Gasteiger partial charge on any atom is -0.508 e. The van der Waals surface area contributed by atoms with Gasteiger partial charge in [0.05, 0.1) is 11.1 Å². The Morgan fingerprint density at radius 1 is 0.732 bits per heavy atom. The van der Waals surface area contributed by atoms with E-state index >= 15 is 0 Å². The van der Waals surface area contributed by atoms with Gasteiger partial charge in [0, 0.05) is 44.8 Å². The highest BCUT2D eigenvalue weighted by Crippen LogP contribution is 2.37. The molecule has 8 rings (SSSR count). The lowest BCUT2D eigenvalue weighted by Gasteiger charge is -2.38. The zero-order chi connectivity index (χ0) is 38.8. The first-order valence-corrected chi connectivity index (χ1v) is 19.9. The Balaban J connectivity index is 0.833. The van der Waals surface area contributed by atoms with E-state index in [-0.39, 0.29) is 30.6 Å². The average molecular weight is 753 g/mol. The van der Waals surface area contributed by atoms with Gasteiger partial charge in [0.15, 0.2) is 0 Å². The van der Waals surface area contributed by atoms with Crippen LogP contribution in [0.25, 0.3) is 11.1 Å². The largest absolute Gasteiger partial charge is 0.508 e. The number of rotatable bonds is 10. The molecule has 1 unspecified atom stereocenters. The van der Waals surface area contributed by atoms with Crippen molar-refractivity contribution in [3.8, 4) is 11.5 Å². The van der Waals surface area contributed by atoms with Gasteiger partial charge >= 0.3 is 0 Å². The van der Waals surface area contributed by atoms with Crippen molar-refractivity contribution < 1.29 is 29.0 Å². The number of aromatic hydroxyl groups is 1. The first kappa shape index (κ1) is 37.2. The number of fused-ring (bicyclic) bond motifs is 1. The molecule has 10 nitrogen and oxygen atoms in total. The zero-order valence-electron chi connectivity index (χ0n) is 31.8. The number of carbonyl (C=O) groups excluding carboxylic acids is 4. The van der Waals surface area contributed by atoms with Crippen molar-refractivity contribution >= 4 is 40.5 Å². The smallest absolute Gasteiger partial charge is 0.262 e. The fraction of sp³-hybridized carbons (Fsp3) is 0.348. The van der Waals surface area contributed by atoms with Crippen LogP contribution in [0.1, 0.15) is 89.3 Å². The van der Waals surface area contributed by atoms with Gasteiger partial charge in [-0.15, -0.1) is 0 Å². The van der Waals surface area contributed by atoms with Crippen molar-refractivity contribution in [1.82, 2.24) is 15.1 Å². The molecule has 56 heavy (non-hydrogen) atoms. The number of phenolic OH excluding ortho intramolecular Hbond substituents is 1. The van der Waals surface area contributed by atoms with Gasteiger partial charge in [-0.1, -0.05) is 61.5 Å². The molecule has 0 spiro atoms. The number of piperidine rings is 3. The number of carbonyl (C=O) groups is 4. The molecule has 0 radical (unpaired) electrons. The number of hydrogen-bond acceptors (Lipinski definition) is 8. The fourth-order valence-electron chi connectivity index (χ4n) is 8.80. The molecule has 4 aromatic carbocycles. The van der Waals surface area contributed by atoms with Crippen LogP contribution in [0.15, 0.2) is 97.1 Å². The Morgan fingerprint density at radius 3 is 2.05 bits per heavy atom. The maximum absolute atomic E-state index is 13.3. The number of anilines is 1. The van der Waals surface area contributed by atoms with Crippen LogP contribution in [0.2, 0.25) is 0 Å². The summed E-state index contributed by atoms with van der Waals surface area (Å²) in [5.41, 5.74) is 7.31. The quantitative estimate of drug-likeness (QED) is 0.132. The Labute approximate surface area is 327 Å². The summed E-state index contributed by atoms with van der Waals surface area (Å²) in [6.45, 7) is 6.97. The van der Waals surface area contributed by atoms with Crippen molar-refractivity contribution in [3.63, 3.8) is 0 Å². The number of nitrogens with zero attached hydrogens (tertiary/aromatic N) is 3. The van der Waals surface area contributed by atoms with E-state index in [4.69, 9.17) is 4.74 Å². The molecule has 0 saturated carbocycles. The predicted octanol–water partition coefficient (Wildman–Crippen LogP) is 6.92. The standard InChI is InChI=1S/C46H48N4O6/c1-2-38(31-6-4-3-5-7-31)43(32-8-13-35(51)14-9-32)33-10-15-36(16-11-33)56-37-22-24-48(25-23-37)29-30-20-26-49(27-21-30)34-12-17-39-40(28-34)46(55)50(45(39)54)41-18-19-42(52)47-44(41)53/h3-17,28,30,37,41,51H,2,18-27,29H2,1H3,(H,47,52,53)/b43-38-. The molecule has 1 atom stereocenters. The Bertz CT molecular complexity index is 2130. The SMILES string of the molecule is CC/C(=C(\c1ccc(O)cc1)c1ccc(OC2CCN(CC3CCN(c4ccc5c(c4)C(=O)N(C4CCC(=O)NC4=O)C5=O)CC3)CC2)cc1)c1ccccc1. The third kappa shape index (κ3) is 7.71. The van der Waals surface area contributed by atoms with E-state index in [1.165, 1.54) is 11.1 Å². The van der Waals surface area contributed by atoms with Crippen LogP contribution in [0, 0.1) is 5.92 Å². The summed E-state index contributed by atoms with van der Waals surface area (Å²) < 4.78 is 6.52. The molecule has 3 fully saturated rings. The molecular formula is C46H48N4O6. The summed E-state index contributed by atoms with van der Waals surface area (Å²) in [6, 6.07) is 30.8. The van der Waals surface area contributed by atoms with Gasteiger partial charge in [0.2, 0.25) is 11.8 Å². The molecule has 4 heterocycles. The number of benzene rings is 4. The van der Waals surface area contributed by atoms with E-state index in [1.54, 1.807) is 24.3 Å². The molecule has 3 saturated heterocycles. The highest BCUT2D eigenvalue weighted by atomic mass is 16.5. The number of likely N-dealkylation sites (tertiary alicyclic amines) is 1. The molecule has 4 amide bonds. The van der Waals surface area contributed by atoms with Gasteiger partial charge in [-0.05, 0) is 115 Å². The summed E-state index contributed by atoms with van der Waals surface area (Å²) in [6.07, 6.45) is 5.32. The predicted molar refractivity (Wildman–Crippen MR) is 215 cm³/mol. The number of phenols is 1. The molecule has 0 aromatic heterocycles. The van der Waals surface area contributed by atoms with E-state index in [0.29, 0.717) is 17.0 Å². The molecule has 0 bridgehead atoms. The minimum atomic E-state index is -0.962. The van der Waals surface area contributed by atoms with E-state index in [2.05, 4.69) is 70.6 Å². The number of hydrogen-bond donors (Lipinski definition) is 2. The maximum atomic E-state index is 13.3. The minimum absolute atomic E-state index is 0.101. The van der Waals surface area contributed by atoms with Crippen molar-refractivity contribution in [1.29, 1.82) is 0 Å². The van der Waals surface area contributed by atoms with Crippen molar-refractivity contribution in [2.24, 2.45) is 5.92 Å². The number of amides is 4. The summed E-state index contributed by atoms with van der Waals surface area (Å²) in [7, 11) is 0. The second kappa shape index (κ2) is 16.2. The maximum Gasteiger partial charge on any atom is 0.262 e. The molecule has 2 N–H and O–H groups in total. The molecule has 4 aromatic rings. The van der Waals surface area contributed by atoms with Crippen LogP contribution in [-0.2, 0) is 9.59 Å².